The molecule has 3 rings (SSSR count). The average molecular weight is 493 g/mol. The zero-order valence-corrected chi connectivity index (χ0v) is 20.6. The molecule has 36 heavy (non-hydrogen) atoms. The van der Waals surface area contributed by atoms with Crippen molar-refractivity contribution in [3.05, 3.63) is 70.8 Å². The molecule has 2 aromatic carbocycles. The molecule has 1 heterocycles. The van der Waals surface area contributed by atoms with Crippen LogP contribution in [0.2, 0.25) is 0 Å². The Hall–Kier alpha value is -3.98. The minimum atomic E-state index is -1.24. The third-order valence-corrected chi connectivity index (χ3v) is 5.87. The second kappa shape index (κ2) is 12.1. The minimum absolute atomic E-state index is 0.0675. The molecular weight excluding hydrogens is 460 g/mol. The lowest BCUT2D eigenvalue weighted by Gasteiger charge is -2.32. The smallest absolute Gasteiger partial charge is 0.347 e. The van der Waals surface area contributed by atoms with Crippen molar-refractivity contribution < 1.29 is 23.9 Å². The van der Waals surface area contributed by atoms with Crippen LogP contribution >= 0.6 is 0 Å². The summed E-state index contributed by atoms with van der Waals surface area (Å²) in [6.07, 6.45) is 4.83. The predicted octanol–water partition coefficient (Wildman–Crippen LogP) is 3.13. The van der Waals surface area contributed by atoms with Gasteiger partial charge in [-0.1, -0.05) is 18.6 Å². The molecule has 0 saturated carbocycles. The molecule has 2 aromatic rings. The van der Waals surface area contributed by atoms with Crippen LogP contribution in [0.25, 0.3) is 6.08 Å². The molecule has 1 unspecified atom stereocenters. The molecule has 0 aliphatic carbocycles. The van der Waals surface area contributed by atoms with Crippen molar-refractivity contribution in [1.82, 2.24) is 10.6 Å². The van der Waals surface area contributed by atoms with Gasteiger partial charge in [0, 0.05) is 11.1 Å². The maximum atomic E-state index is 13.0. The number of carbonyl (C=O) groups is 3. The third kappa shape index (κ3) is 6.79. The van der Waals surface area contributed by atoms with Gasteiger partial charge < -0.3 is 20.5 Å². The van der Waals surface area contributed by atoms with Gasteiger partial charge in [0.1, 0.15) is 11.6 Å². The number of amides is 1. The third-order valence-electron chi connectivity index (χ3n) is 5.87. The van der Waals surface area contributed by atoms with E-state index in [1.165, 1.54) is 0 Å². The van der Waals surface area contributed by atoms with Crippen LogP contribution in [0.4, 0.5) is 0 Å². The Morgan fingerprint density at radius 3 is 2.36 bits per heavy atom. The van der Waals surface area contributed by atoms with E-state index in [1.807, 2.05) is 0 Å². The summed E-state index contributed by atoms with van der Waals surface area (Å²) in [6.45, 7) is 4.24. The number of hydrogen-bond donors (Lipinski definition) is 4. The van der Waals surface area contributed by atoms with E-state index in [4.69, 9.17) is 20.6 Å². The number of hydrogen-bond acceptors (Lipinski definition) is 7. The van der Waals surface area contributed by atoms with Gasteiger partial charge in [-0.2, -0.15) is 0 Å². The highest BCUT2D eigenvalue weighted by atomic mass is 16.5. The second-order valence-electron chi connectivity index (χ2n) is 8.59. The van der Waals surface area contributed by atoms with Crippen molar-refractivity contribution in [3.8, 4) is 5.75 Å². The number of esters is 2. The molecule has 190 valence electrons. The Labute approximate surface area is 210 Å². The van der Waals surface area contributed by atoms with Crippen LogP contribution in [0.1, 0.15) is 61.0 Å². The summed E-state index contributed by atoms with van der Waals surface area (Å²) in [6, 6.07) is 13.0. The lowest BCUT2D eigenvalue weighted by molar-refractivity contribution is -0.155. The molecule has 0 radical (unpaired) electrons. The highest BCUT2D eigenvalue weighted by molar-refractivity contribution is 6.00. The number of rotatable bonds is 8. The largest absolute Gasteiger partial charge is 0.463 e. The first-order chi connectivity index (χ1) is 17.2. The van der Waals surface area contributed by atoms with E-state index < -0.39 is 17.6 Å². The summed E-state index contributed by atoms with van der Waals surface area (Å²) in [5.74, 6) is -1.13. The fraction of sp³-hybridized carbons (Fsp3) is 0.333. The molecule has 1 aliphatic rings. The zero-order valence-electron chi connectivity index (χ0n) is 20.6. The first-order valence-electron chi connectivity index (χ1n) is 11.9. The van der Waals surface area contributed by atoms with Crippen LogP contribution in [0, 0.1) is 5.41 Å². The Bertz CT molecular complexity index is 1130. The molecule has 0 aromatic heterocycles. The first kappa shape index (κ1) is 26.6. The minimum Gasteiger partial charge on any atom is -0.463 e. The van der Waals surface area contributed by atoms with Crippen molar-refractivity contribution in [2.24, 2.45) is 5.73 Å². The lowest BCUT2D eigenvalue weighted by Crippen LogP contribution is -2.64. The van der Waals surface area contributed by atoms with E-state index >= 15 is 0 Å². The SMILES string of the molecule is CCOC(=O)C1(NC(=O)/C(C)=C/c2ccc(C(=O)Oc3ccc(C(=N)N)cc3)cc2)CCCCCN1. The number of ether oxygens (including phenoxy) is 2. The molecular formula is C27H32N4O5. The van der Waals surface area contributed by atoms with Crippen LogP contribution in [0.5, 0.6) is 5.75 Å². The summed E-state index contributed by atoms with van der Waals surface area (Å²) in [5.41, 5.74) is 6.19. The van der Waals surface area contributed by atoms with Gasteiger partial charge in [-0.15, -0.1) is 0 Å². The van der Waals surface area contributed by atoms with Crippen LogP contribution in [-0.2, 0) is 14.3 Å². The van der Waals surface area contributed by atoms with E-state index in [9.17, 15) is 14.4 Å². The number of nitrogens with two attached hydrogens (primary N) is 1. The lowest BCUT2D eigenvalue weighted by atomic mass is 10.0. The van der Waals surface area contributed by atoms with Gasteiger partial charge in [0.2, 0.25) is 5.91 Å². The zero-order chi connectivity index (χ0) is 26.1. The van der Waals surface area contributed by atoms with Gasteiger partial charge in [0.05, 0.1) is 12.2 Å². The summed E-state index contributed by atoms with van der Waals surface area (Å²) >= 11 is 0. The van der Waals surface area contributed by atoms with Crippen LogP contribution in [-0.4, -0.2) is 42.5 Å². The van der Waals surface area contributed by atoms with E-state index in [0.717, 1.165) is 19.3 Å². The predicted molar refractivity (Wildman–Crippen MR) is 136 cm³/mol. The van der Waals surface area contributed by atoms with Gasteiger partial charge >= 0.3 is 11.9 Å². The molecule has 9 heteroatoms. The normalized spacial score (nSPS) is 18.0. The quantitative estimate of drug-likeness (QED) is 0.146. The molecule has 1 amide bonds. The van der Waals surface area contributed by atoms with Gasteiger partial charge in [-0.3, -0.25) is 15.5 Å². The van der Waals surface area contributed by atoms with Gasteiger partial charge in [-0.05, 0) is 87.7 Å². The topological polar surface area (TPSA) is 144 Å². The molecule has 0 spiro atoms. The number of nitrogen functional groups attached to an aromatic ring is 1. The van der Waals surface area contributed by atoms with Gasteiger partial charge in [-0.25, -0.2) is 9.59 Å². The summed E-state index contributed by atoms with van der Waals surface area (Å²) in [4.78, 5) is 38.1. The molecule has 1 fully saturated rings. The van der Waals surface area contributed by atoms with E-state index in [0.29, 0.717) is 41.0 Å². The van der Waals surface area contributed by atoms with E-state index in [2.05, 4.69) is 10.6 Å². The standard InChI is InChI=1S/C27H32N4O5/c1-3-35-26(34)27(15-5-4-6-16-30-27)31-24(32)18(2)17-19-7-9-21(10-8-19)25(33)36-22-13-11-20(12-14-22)23(28)29/h7-14,17,30H,3-6,15-16H2,1-2H3,(H3,28,29)(H,31,32)/b18-17+. The van der Waals surface area contributed by atoms with Crippen molar-refractivity contribution in [3.63, 3.8) is 0 Å². The highest BCUT2D eigenvalue weighted by Crippen LogP contribution is 2.20. The number of carbonyl (C=O) groups excluding carboxylic acids is 3. The summed E-state index contributed by atoms with van der Waals surface area (Å²) < 4.78 is 10.6. The van der Waals surface area contributed by atoms with E-state index in [-0.39, 0.29) is 18.3 Å². The average Bonchev–Trinajstić information content (AvgIpc) is 3.11. The van der Waals surface area contributed by atoms with Crippen LogP contribution in [0.3, 0.4) is 0 Å². The highest BCUT2D eigenvalue weighted by Gasteiger charge is 2.41. The van der Waals surface area contributed by atoms with E-state index in [1.54, 1.807) is 68.5 Å². The molecule has 5 N–H and O–H groups in total. The van der Waals surface area contributed by atoms with Crippen LogP contribution < -0.4 is 21.1 Å². The van der Waals surface area contributed by atoms with Gasteiger partial charge in [0.25, 0.3) is 0 Å². The van der Waals surface area contributed by atoms with Crippen molar-refractivity contribution in [2.45, 2.75) is 45.2 Å². The Kier molecular flexibility index (Phi) is 8.97. The Balaban J connectivity index is 1.67. The molecule has 0 bridgehead atoms. The van der Waals surface area contributed by atoms with Crippen molar-refractivity contribution in [1.29, 1.82) is 5.41 Å². The molecule has 1 aliphatic heterocycles. The number of benzene rings is 2. The van der Waals surface area contributed by atoms with Crippen LogP contribution in [0.15, 0.2) is 54.1 Å². The van der Waals surface area contributed by atoms with Crippen molar-refractivity contribution in [2.75, 3.05) is 13.2 Å². The summed E-state index contributed by atoms with van der Waals surface area (Å²) in [5, 5.41) is 13.4. The summed E-state index contributed by atoms with van der Waals surface area (Å²) in [7, 11) is 0. The maximum Gasteiger partial charge on any atom is 0.347 e. The van der Waals surface area contributed by atoms with Gasteiger partial charge in [0.15, 0.2) is 5.66 Å². The number of nitrogens with one attached hydrogen (secondary N) is 3. The molecule has 1 saturated heterocycles. The number of amidine groups is 1. The molecule has 9 nitrogen and oxygen atoms in total. The van der Waals surface area contributed by atoms with Crippen molar-refractivity contribution >= 4 is 29.8 Å². The first-order valence-corrected chi connectivity index (χ1v) is 11.9. The monoisotopic (exact) mass is 492 g/mol. The fourth-order valence-corrected chi connectivity index (χ4v) is 3.86. The second-order valence-corrected chi connectivity index (χ2v) is 8.59. The Morgan fingerprint density at radius 2 is 1.72 bits per heavy atom. The molecule has 1 atom stereocenters. The Morgan fingerprint density at radius 1 is 1.06 bits per heavy atom. The fourth-order valence-electron chi connectivity index (χ4n) is 3.86. The maximum absolute atomic E-state index is 13.0.